The van der Waals surface area contributed by atoms with Crippen LogP contribution >= 0.6 is 0 Å². The molecule has 22 heavy (non-hydrogen) atoms. The van der Waals surface area contributed by atoms with Crippen molar-refractivity contribution in [1.82, 2.24) is 0 Å². The van der Waals surface area contributed by atoms with E-state index >= 15 is 0 Å². The smallest absolute Gasteiger partial charge is 0.133 e. The summed E-state index contributed by atoms with van der Waals surface area (Å²) < 4.78 is 0. The molecule has 4 rings (SSSR count). The first kappa shape index (κ1) is 14.7. The molecule has 0 aromatic heterocycles. The summed E-state index contributed by atoms with van der Waals surface area (Å²) in [5.74, 6) is 2.16. The SMILES string of the molecule is CC(=O)[C@H]1CC[C@H]2C3=CC=C4CCCC[C@]4(C)[C@H]3CC[C@]12C. The van der Waals surface area contributed by atoms with Crippen molar-refractivity contribution in [3.8, 4) is 0 Å². The number of ketones is 1. The third kappa shape index (κ3) is 1.80. The molecule has 3 saturated carbocycles. The summed E-state index contributed by atoms with van der Waals surface area (Å²) in [4.78, 5) is 12.1. The fraction of sp³-hybridized carbons (Fsp3) is 0.762. The van der Waals surface area contributed by atoms with Gasteiger partial charge >= 0.3 is 0 Å². The highest BCUT2D eigenvalue weighted by molar-refractivity contribution is 5.79. The van der Waals surface area contributed by atoms with Crippen LogP contribution in [0, 0.1) is 28.6 Å². The van der Waals surface area contributed by atoms with Gasteiger partial charge in [-0.2, -0.15) is 0 Å². The molecule has 0 N–H and O–H groups in total. The Balaban J connectivity index is 1.73. The van der Waals surface area contributed by atoms with Gasteiger partial charge in [-0.15, -0.1) is 0 Å². The number of fused-ring (bicyclic) bond motifs is 5. The topological polar surface area (TPSA) is 17.1 Å². The molecule has 0 saturated heterocycles. The highest BCUT2D eigenvalue weighted by Gasteiger charge is 2.56. The molecule has 0 heterocycles. The Hall–Kier alpha value is -0.850. The van der Waals surface area contributed by atoms with E-state index in [0.29, 0.717) is 23.0 Å². The van der Waals surface area contributed by atoms with Crippen LogP contribution in [0.15, 0.2) is 23.3 Å². The molecule has 0 aliphatic heterocycles. The summed E-state index contributed by atoms with van der Waals surface area (Å²) in [6.07, 6.45) is 15.3. The molecule has 0 amide bonds. The van der Waals surface area contributed by atoms with Gasteiger partial charge in [0.2, 0.25) is 0 Å². The standard InChI is InChI=1S/C21H30O/c1-14(22)17-9-10-18-16-8-7-15-6-4-5-12-20(15,2)19(16)11-13-21(17,18)3/h7-8,17-19H,4-6,9-13H2,1-3H3/t17-,18+,19+,20+,21-/m1/s1. The lowest BCUT2D eigenvalue weighted by Crippen LogP contribution is -2.45. The van der Waals surface area contributed by atoms with Crippen molar-refractivity contribution in [3.05, 3.63) is 23.3 Å². The highest BCUT2D eigenvalue weighted by atomic mass is 16.1. The average Bonchev–Trinajstić information content (AvgIpc) is 2.84. The first-order chi connectivity index (χ1) is 10.5. The van der Waals surface area contributed by atoms with Crippen LogP contribution in [0.4, 0.5) is 0 Å². The molecule has 4 aliphatic rings. The number of carbonyl (C=O) groups excluding carboxylic acids is 1. The zero-order valence-electron chi connectivity index (χ0n) is 14.5. The second-order valence-corrected chi connectivity index (χ2v) is 8.87. The van der Waals surface area contributed by atoms with E-state index in [1.807, 2.05) is 6.92 Å². The van der Waals surface area contributed by atoms with Crippen LogP contribution in [-0.4, -0.2) is 5.78 Å². The van der Waals surface area contributed by atoms with Gasteiger partial charge in [-0.25, -0.2) is 0 Å². The number of carbonyl (C=O) groups is 1. The molecule has 5 atom stereocenters. The van der Waals surface area contributed by atoms with Crippen molar-refractivity contribution in [1.29, 1.82) is 0 Å². The van der Waals surface area contributed by atoms with E-state index in [0.717, 1.165) is 12.3 Å². The number of hydrogen-bond acceptors (Lipinski definition) is 1. The lowest BCUT2D eigenvalue weighted by Gasteiger charge is -2.54. The normalized spacial score (nSPS) is 47.0. The molecule has 1 heteroatoms. The Morgan fingerprint density at radius 3 is 2.64 bits per heavy atom. The van der Waals surface area contributed by atoms with E-state index in [1.165, 1.54) is 44.9 Å². The molecule has 0 spiro atoms. The fourth-order valence-corrected chi connectivity index (χ4v) is 6.71. The van der Waals surface area contributed by atoms with Crippen LogP contribution < -0.4 is 0 Å². The van der Waals surface area contributed by atoms with Crippen LogP contribution in [0.25, 0.3) is 0 Å². The van der Waals surface area contributed by atoms with Gasteiger partial charge in [-0.1, -0.05) is 43.6 Å². The van der Waals surface area contributed by atoms with Gasteiger partial charge < -0.3 is 0 Å². The summed E-state index contributed by atoms with van der Waals surface area (Å²) in [6.45, 7) is 6.77. The second kappa shape index (κ2) is 4.82. The zero-order valence-corrected chi connectivity index (χ0v) is 14.5. The van der Waals surface area contributed by atoms with Gasteiger partial charge in [0.25, 0.3) is 0 Å². The molecular formula is C21H30O. The maximum atomic E-state index is 12.1. The van der Waals surface area contributed by atoms with Gasteiger partial charge in [-0.3, -0.25) is 4.79 Å². The quantitative estimate of drug-likeness (QED) is 0.628. The number of Topliss-reactive ketones (excluding diaryl/α,β-unsaturated/α-hetero) is 1. The summed E-state index contributed by atoms with van der Waals surface area (Å²) in [5.41, 5.74) is 4.10. The lowest BCUT2D eigenvalue weighted by atomic mass is 9.50. The highest BCUT2D eigenvalue weighted by Crippen LogP contribution is 2.64. The van der Waals surface area contributed by atoms with Crippen LogP contribution in [0.1, 0.15) is 72.1 Å². The van der Waals surface area contributed by atoms with E-state index in [9.17, 15) is 4.79 Å². The lowest BCUT2D eigenvalue weighted by molar-refractivity contribution is -0.124. The molecule has 1 nitrogen and oxygen atoms in total. The average molecular weight is 298 g/mol. The number of hydrogen-bond donors (Lipinski definition) is 0. The predicted octanol–water partition coefficient (Wildman–Crippen LogP) is 5.46. The molecule has 120 valence electrons. The van der Waals surface area contributed by atoms with Gasteiger partial charge in [-0.05, 0) is 74.5 Å². The summed E-state index contributed by atoms with van der Waals surface area (Å²) >= 11 is 0. The van der Waals surface area contributed by atoms with Crippen molar-refractivity contribution >= 4 is 5.78 Å². The van der Waals surface area contributed by atoms with Gasteiger partial charge in [0.05, 0.1) is 0 Å². The van der Waals surface area contributed by atoms with Crippen LogP contribution in [0.2, 0.25) is 0 Å². The van der Waals surface area contributed by atoms with E-state index in [-0.39, 0.29) is 5.41 Å². The minimum atomic E-state index is 0.241. The minimum Gasteiger partial charge on any atom is -0.300 e. The van der Waals surface area contributed by atoms with Crippen LogP contribution in [0.3, 0.4) is 0 Å². The number of allylic oxidation sites excluding steroid dienone is 4. The summed E-state index contributed by atoms with van der Waals surface area (Å²) in [5, 5.41) is 0. The molecule has 0 unspecified atom stereocenters. The van der Waals surface area contributed by atoms with Gasteiger partial charge in [0.1, 0.15) is 5.78 Å². The van der Waals surface area contributed by atoms with Gasteiger partial charge in [0.15, 0.2) is 0 Å². The maximum absolute atomic E-state index is 12.1. The first-order valence-electron chi connectivity index (χ1n) is 9.38. The van der Waals surface area contributed by atoms with Crippen LogP contribution in [0.5, 0.6) is 0 Å². The third-order valence-corrected chi connectivity index (χ3v) is 7.98. The molecule has 4 aliphatic carbocycles. The van der Waals surface area contributed by atoms with Crippen molar-refractivity contribution in [2.75, 3.05) is 0 Å². The zero-order chi connectivity index (χ0) is 15.5. The Bertz CT molecular complexity index is 568. The Labute approximate surface area is 135 Å². The molecular weight excluding hydrogens is 268 g/mol. The Morgan fingerprint density at radius 1 is 1.05 bits per heavy atom. The van der Waals surface area contributed by atoms with Gasteiger partial charge in [0, 0.05) is 5.92 Å². The maximum Gasteiger partial charge on any atom is 0.133 e. The van der Waals surface area contributed by atoms with Crippen molar-refractivity contribution in [2.24, 2.45) is 28.6 Å². The molecule has 3 fully saturated rings. The molecule has 0 bridgehead atoms. The number of rotatable bonds is 1. The first-order valence-corrected chi connectivity index (χ1v) is 9.38. The van der Waals surface area contributed by atoms with E-state index in [4.69, 9.17) is 0 Å². The molecule has 0 aromatic carbocycles. The predicted molar refractivity (Wildman–Crippen MR) is 90.5 cm³/mol. The fourth-order valence-electron chi connectivity index (χ4n) is 6.71. The van der Waals surface area contributed by atoms with Crippen molar-refractivity contribution in [3.63, 3.8) is 0 Å². The van der Waals surface area contributed by atoms with E-state index in [1.54, 1.807) is 11.1 Å². The molecule has 0 aromatic rings. The second-order valence-electron chi connectivity index (χ2n) is 8.87. The van der Waals surface area contributed by atoms with E-state index < -0.39 is 0 Å². The largest absolute Gasteiger partial charge is 0.300 e. The third-order valence-electron chi connectivity index (χ3n) is 7.98. The summed E-state index contributed by atoms with van der Waals surface area (Å²) in [6, 6.07) is 0. The molecule has 0 radical (unpaired) electrons. The minimum absolute atomic E-state index is 0.241. The Kier molecular flexibility index (Phi) is 3.23. The van der Waals surface area contributed by atoms with E-state index in [2.05, 4.69) is 26.0 Å². The summed E-state index contributed by atoms with van der Waals surface area (Å²) in [7, 11) is 0. The van der Waals surface area contributed by atoms with Crippen LogP contribution in [-0.2, 0) is 4.79 Å². The monoisotopic (exact) mass is 298 g/mol. The Morgan fingerprint density at radius 2 is 1.86 bits per heavy atom. The van der Waals surface area contributed by atoms with Crippen molar-refractivity contribution < 1.29 is 4.79 Å². The van der Waals surface area contributed by atoms with Crippen molar-refractivity contribution in [2.45, 2.75) is 72.1 Å².